The number of ether oxygens (including phenoxy) is 1. The van der Waals surface area contributed by atoms with Gasteiger partial charge >= 0.3 is 5.97 Å². The van der Waals surface area contributed by atoms with Gasteiger partial charge in [-0.05, 0) is 23.8 Å². The molecule has 0 atom stereocenters. The Bertz CT molecular complexity index is 767. The van der Waals surface area contributed by atoms with Gasteiger partial charge in [-0.25, -0.2) is 0 Å². The molecule has 0 spiro atoms. The second-order valence-electron chi connectivity index (χ2n) is 7.14. The van der Waals surface area contributed by atoms with Crippen molar-refractivity contribution in [1.29, 1.82) is 0 Å². The molecule has 26 heavy (non-hydrogen) atoms. The standard InChI is InChI=1S/C21H24ClNO3/c1-21(2,3)20(25)23-12-11-19(24)26-18-10-9-17(22)14-16(18)13-15-7-5-4-6-8-15/h4-10,14H,11-13H2,1-3H3,(H,23,25). The molecule has 2 rings (SSSR count). The van der Waals surface area contributed by atoms with E-state index in [0.29, 0.717) is 17.2 Å². The van der Waals surface area contributed by atoms with E-state index in [-0.39, 0.29) is 18.9 Å². The fourth-order valence-corrected chi connectivity index (χ4v) is 2.51. The summed E-state index contributed by atoms with van der Waals surface area (Å²) in [5, 5.41) is 3.33. The number of amides is 1. The van der Waals surface area contributed by atoms with E-state index in [1.54, 1.807) is 18.2 Å². The summed E-state index contributed by atoms with van der Waals surface area (Å²) in [5.74, 6) is 0.00260. The number of halogens is 1. The number of esters is 1. The molecule has 0 aliphatic carbocycles. The third-order valence-electron chi connectivity index (χ3n) is 3.78. The van der Waals surface area contributed by atoms with Crippen molar-refractivity contribution in [3.05, 3.63) is 64.7 Å². The summed E-state index contributed by atoms with van der Waals surface area (Å²) in [6.07, 6.45) is 0.722. The molecule has 0 fully saturated rings. The molecular weight excluding hydrogens is 350 g/mol. The van der Waals surface area contributed by atoms with Crippen LogP contribution in [0.25, 0.3) is 0 Å². The molecule has 1 amide bonds. The minimum absolute atomic E-state index is 0.0958. The Morgan fingerprint density at radius 3 is 2.42 bits per heavy atom. The highest BCUT2D eigenvalue weighted by molar-refractivity contribution is 6.30. The number of hydrogen-bond donors (Lipinski definition) is 1. The van der Waals surface area contributed by atoms with Crippen molar-refractivity contribution < 1.29 is 14.3 Å². The third kappa shape index (κ3) is 6.19. The maximum absolute atomic E-state index is 12.1. The highest BCUT2D eigenvalue weighted by atomic mass is 35.5. The Kier molecular flexibility index (Phi) is 6.81. The van der Waals surface area contributed by atoms with Crippen molar-refractivity contribution in [2.75, 3.05) is 6.54 Å². The smallest absolute Gasteiger partial charge is 0.312 e. The van der Waals surface area contributed by atoms with Gasteiger partial charge in [-0.15, -0.1) is 0 Å². The number of hydrogen-bond acceptors (Lipinski definition) is 3. The Morgan fingerprint density at radius 2 is 1.77 bits per heavy atom. The Morgan fingerprint density at radius 1 is 1.08 bits per heavy atom. The summed E-state index contributed by atoms with van der Waals surface area (Å²) < 4.78 is 5.49. The predicted molar refractivity (Wildman–Crippen MR) is 103 cm³/mol. The SMILES string of the molecule is CC(C)(C)C(=O)NCCC(=O)Oc1ccc(Cl)cc1Cc1ccccc1. The van der Waals surface area contributed by atoms with Gasteiger partial charge in [-0.2, -0.15) is 0 Å². The van der Waals surface area contributed by atoms with Gasteiger partial charge in [0.25, 0.3) is 0 Å². The first-order valence-electron chi connectivity index (χ1n) is 8.57. The minimum Gasteiger partial charge on any atom is -0.426 e. The Labute approximate surface area is 159 Å². The van der Waals surface area contributed by atoms with Gasteiger partial charge in [-0.1, -0.05) is 62.7 Å². The number of rotatable bonds is 6. The van der Waals surface area contributed by atoms with Crippen LogP contribution in [0.1, 0.15) is 38.3 Å². The zero-order valence-electron chi connectivity index (χ0n) is 15.3. The van der Waals surface area contributed by atoms with E-state index in [0.717, 1.165) is 11.1 Å². The molecule has 0 aromatic heterocycles. The fraction of sp³-hybridized carbons (Fsp3) is 0.333. The van der Waals surface area contributed by atoms with Gasteiger partial charge < -0.3 is 10.1 Å². The molecule has 1 N–H and O–H groups in total. The molecule has 0 unspecified atom stereocenters. The van der Waals surface area contributed by atoms with Crippen LogP contribution in [-0.4, -0.2) is 18.4 Å². The molecule has 138 valence electrons. The van der Waals surface area contributed by atoms with Crippen LogP contribution >= 0.6 is 11.6 Å². The van der Waals surface area contributed by atoms with Crippen molar-refractivity contribution in [2.45, 2.75) is 33.6 Å². The monoisotopic (exact) mass is 373 g/mol. The van der Waals surface area contributed by atoms with E-state index in [4.69, 9.17) is 16.3 Å². The van der Waals surface area contributed by atoms with Crippen LogP contribution in [0.5, 0.6) is 5.75 Å². The largest absolute Gasteiger partial charge is 0.426 e. The zero-order valence-corrected chi connectivity index (χ0v) is 16.1. The van der Waals surface area contributed by atoms with Crippen molar-refractivity contribution in [1.82, 2.24) is 5.32 Å². The van der Waals surface area contributed by atoms with Gasteiger partial charge in [-0.3, -0.25) is 9.59 Å². The van der Waals surface area contributed by atoms with E-state index in [1.807, 2.05) is 51.1 Å². The van der Waals surface area contributed by atoms with Gasteiger partial charge in [0.15, 0.2) is 0 Å². The maximum Gasteiger partial charge on any atom is 0.312 e. The van der Waals surface area contributed by atoms with E-state index < -0.39 is 11.4 Å². The topological polar surface area (TPSA) is 55.4 Å². The second kappa shape index (κ2) is 8.86. The van der Waals surface area contributed by atoms with Crippen LogP contribution in [0.4, 0.5) is 0 Å². The van der Waals surface area contributed by atoms with Gasteiger partial charge in [0.05, 0.1) is 6.42 Å². The first-order chi connectivity index (χ1) is 12.3. The number of carbonyl (C=O) groups is 2. The maximum atomic E-state index is 12.1. The molecule has 5 heteroatoms. The fourth-order valence-electron chi connectivity index (χ4n) is 2.32. The van der Waals surface area contributed by atoms with E-state index in [9.17, 15) is 9.59 Å². The molecule has 2 aromatic rings. The van der Waals surface area contributed by atoms with E-state index in [1.165, 1.54) is 0 Å². The summed E-state index contributed by atoms with van der Waals surface area (Å²) in [4.78, 5) is 23.9. The number of carbonyl (C=O) groups excluding carboxylic acids is 2. The first kappa shape index (κ1) is 20.0. The molecule has 0 saturated heterocycles. The van der Waals surface area contributed by atoms with Crippen LogP contribution in [0.3, 0.4) is 0 Å². The van der Waals surface area contributed by atoms with E-state index >= 15 is 0 Å². The van der Waals surface area contributed by atoms with Gasteiger partial charge in [0.2, 0.25) is 5.91 Å². The van der Waals surface area contributed by atoms with Crippen molar-refractivity contribution in [3.8, 4) is 5.75 Å². The number of benzene rings is 2. The van der Waals surface area contributed by atoms with Crippen LogP contribution in [-0.2, 0) is 16.0 Å². The summed E-state index contributed by atoms with van der Waals surface area (Å²) in [6.45, 7) is 5.72. The van der Waals surface area contributed by atoms with Crippen LogP contribution in [0.15, 0.2) is 48.5 Å². The lowest BCUT2D eigenvalue weighted by molar-refractivity contribution is -0.134. The number of nitrogens with one attached hydrogen (secondary N) is 1. The summed E-state index contributed by atoms with van der Waals surface area (Å²) >= 11 is 6.09. The summed E-state index contributed by atoms with van der Waals surface area (Å²) in [5.41, 5.74) is 1.46. The summed E-state index contributed by atoms with van der Waals surface area (Å²) in [7, 11) is 0. The predicted octanol–water partition coefficient (Wildman–Crippen LogP) is 4.39. The van der Waals surface area contributed by atoms with Crippen molar-refractivity contribution in [2.24, 2.45) is 5.41 Å². The summed E-state index contributed by atoms with van der Waals surface area (Å²) in [6, 6.07) is 15.1. The van der Waals surface area contributed by atoms with Gasteiger partial charge in [0, 0.05) is 29.0 Å². The molecule has 0 aliphatic rings. The molecule has 0 aliphatic heterocycles. The van der Waals surface area contributed by atoms with Gasteiger partial charge in [0.1, 0.15) is 5.75 Å². The van der Waals surface area contributed by atoms with Crippen molar-refractivity contribution in [3.63, 3.8) is 0 Å². The lowest BCUT2D eigenvalue weighted by Crippen LogP contribution is -2.36. The second-order valence-corrected chi connectivity index (χ2v) is 7.58. The Hall–Kier alpha value is -2.33. The van der Waals surface area contributed by atoms with Crippen LogP contribution in [0, 0.1) is 5.41 Å². The lowest BCUT2D eigenvalue weighted by atomic mass is 9.96. The minimum atomic E-state index is -0.483. The quantitative estimate of drug-likeness (QED) is 0.603. The molecule has 0 saturated carbocycles. The van der Waals surface area contributed by atoms with Crippen LogP contribution < -0.4 is 10.1 Å². The average Bonchev–Trinajstić information content (AvgIpc) is 2.57. The first-order valence-corrected chi connectivity index (χ1v) is 8.95. The zero-order chi connectivity index (χ0) is 19.2. The van der Waals surface area contributed by atoms with Crippen molar-refractivity contribution >= 4 is 23.5 Å². The normalized spacial score (nSPS) is 11.1. The lowest BCUT2D eigenvalue weighted by Gasteiger charge is -2.17. The molecule has 2 aromatic carbocycles. The average molecular weight is 374 g/mol. The molecule has 4 nitrogen and oxygen atoms in total. The molecule has 0 heterocycles. The highest BCUT2D eigenvalue weighted by Crippen LogP contribution is 2.26. The third-order valence-corrected chi connectivity index (χ3v) is 4.01. The molecular formula is C21H24ClNO3. The van der Waals surface area contributed by atoms with Crippen LogP contribution in [0.2, 0.25) is 5.02 Å². The molecule has 0 radical (unpaired) electrons. The van der Waals surface area contributed by atoms with E-state index in [2.05, 4.69) is 5.32 Å². The Balaban J connectivity index is 1.98. The highest BCUT2D eigenvalue weighted by Gasteiger charge is 2.21. The molecule has 0 bridgehead atoms.